The minimum atomic E-state index is 0.694. The predicted octanol–water partition coefficient (Wildman–Crippen LogP) is 11.6. The molecule has 5 heteroatoms. The van der Waals surface area contributed by atoms with Crippen molar-refractivity contribution < 1.29 is 0 Å². The van der Waals surface area contributed by atoms with Gasteiger partial charge in [0.15, 0.2) is 5.82 Å². The Balaban J connectivity index is 1.28. The summed E-state index contributed by atoms with van der Waals surface area (Å²) in [5.74, 6) is 0.694. The van der Waals surface area contributed by atoms with Gasteiger partial charge in [-0.25, -0.2) is 9.97 Å². The lowest BCUT2D eigenvalue weighted by Crippen LogP contribution is -1.97. The molecular weight excluding hydrogens is 590 g/mol. The van der Waals surface area contributed by atoms with Gasteiger partial charge in [-0.15, -0.1) is 11.3 Å². The molecule has 0 aliphatic carbocycles. The monoisotopic (exact) mass is 613 g/mol. The van der Waals surface area contributed by atoms with Crippen molar-refractivity contribution in [2.45, 2.75) is 0 Å². The molecule has 9 rings (SSSR count). The van der Waals surface area contributed by atoms with Crippen molar-refractivity contribution in [2.75, 3.05) is 0 Å². The summed E-state index contributed by atoms with van der Waals surface area (Å²) in [6.07, 6.45) is 0. The number of rotatable bonds is 4. The van der Waals surface area contributed by atoms with E-state index in [0.717, 1.165) is 48.4 Å². The second-order valence-electron chi connectivity index (χ2n) is 11.2. The van der Waals surface area contributed by atoms with Gasteiger partial charge >= 0.3 is 0 Å². The normalized spacial score (nSPS) is 11.7. The molecule has 0 bridgehead atoms. The Bertz CT molecular complexity index is 2510. The van der Waals surface area contributed by atoms with E-state index >= 15 is 0 Å². The van der Waals surface area contributed by atoms with Crippen molar-refractivity contribution in [3.63, 3.8) is 0 Å². The average Bonchev–Trinajstić information content (AvgIpc) is 3.63. The highest BCUT2D eigenvalue weighted by atomic mass is 35.5. The molecule has 3 heterocycles. The van der Waals surface area contributed by atoms with Crippen LogP contribution in [0.25, 0.3) is 81.6 Å². The molecule has 0 aliphatic heterocycles. The fourth-order valence-corrected chi connectivity index (χ4v) is 7.83. The maximum atomic E-state index is 6.44. The number of halogens is 1. The number of nitrogens with zero attached hydrogens (tertiary/aromatic N) is 3. The number of benzene rings is 6. The second-order valence-corrected chi connectivity index (χ2v) is 12.7. The van der Waals surface area contributed by atoms with E-state index in [1.807, 2.05) is 18.2 Å². The van der Waals surface area contributed by atoms with Gasteiger partial charge in [-0.2, -0.15) is 0 Å². The first-order valence-corrected chi connectivity index (χ1v) is 16.1. The number of hydrogen-bond acceptors (Lipinski definition) is 3. The van der Waals surface area contributed by atoms with Crippen LogP contribution in [0.4, 0.5) is 0 Å². The van der Waals surface area contributed by atoms with E-state index in [2.05, 4.69) is 132 Å². The Morgan fingerprint density at radius 2 is 1.18 bits per heavy atom. The SMILES string of the molecule is Clc1ccc2c(c1)sc1c(-c3cccc(-c4ccccc4)c3)nc(-c3cccc(-n4c5ccccc5c5ccccc54)c3)nc12. The molecule has 3 aromatic heterocycles. The van der Waals surface area contributed by atoms with Crippen LogP contribution in [0.3, 0.4) is 0 Å². The van der Waals surface area contributed by atoms with Gasteiger partial charge in [0.05, 0.1) is 26.9 Å². The zero-order valence-corrected chi connectivity index (χ0v) is 25.6. The Morgan fingerprint density at radius 3 is 1.98 bits per heavy atom. The van der Waals surface area contributed by atoms with E-state index in [9.17, 15) is 0 Å². The van der Waals surface area contributed by atoms with Gasteiger partial charge in [0, 0.05) is 42.7 Å². The van der Waals surface area contributed by atoms with Crippen molar-refractivity contribution in [3.05, 3.63) is 151 Å². The summed E-state index contributed by atoms with van der Waals surface area (Å²) in [5, 5.41) is 4.27. The topological polar surface area (TPSA) is 30.7 Å². The van der Waals surface area contributed by atoms with E-state index in [0.29, 0.717) is 10.8 Å². The lowest BCUT2D eigenvalue weighted by molar-refractivity contribution is 1.17. The number of para-hydroxylation sites is 2. The molecule has 0 spiro atoms. The molecular formula is C40H24ClN3S. The zero-order chi connectivity index (χ0) is 29.9. The van der Waals surface area contributed by atoms with Crippen LogP contribution >= 0.6 is 22.9 Å². The Hall–Kier alpha value is -5.29. The third-order valence-electron chi connectivity index (χ3n) is 8.46. The number of thiophene rings is 1. The lowest BCUT2D eigenvalue weighted by Gasteiger charge is -2.11. The largest absolute Gasteiger partial charge is 0.309 e. The Labute approximate surface area is 268 Å². The summed E-state index contributed by atoms with van der Waals surface area (Å²) in [4.78, 5) is 10.5. The minimum Gasteiger partial charge on any atom is -0.309 e. The molecule has 0 unspecified atom stereocenters. The molecule has 0 atom stereocenters. The number of fused-ring (bicyclic) bond motifs is 6. The van der Waals surface area contributed by atoms with Gasteiger partial charge in [-0.1, -0.05) is 109 Å². The summed E-state index contributed by atoms with van der Waals surface area (Å²) in [6, 6.07) is 50.9. The summed E-state index contributed by atoms with van der Waals surface area (Å²) in [7, 11) is 0. The standard InChI is InChI=1S/C40H24ClN3S/c41-29-20-21-33-36(24-29)45-39-37(27-13-8-12-26(22-27)25-10-2-1-3-11-25)42-40(43-38(33)39)28-14-9-15-30(23-28)44-34-18-6-4-16-31(34)32-17-5-7-19-35(32)44/h1-24H. The van der Waals surface area contributed by atoms with Crippen LogP contribution in [-0.2, 0) is 0 Å². The summed E-state index contributed by atoms with van der Waals surface area (Å²) < 4.78 is 4.49. The van der Waals surface area contributed by atoms with E-state index in [1.165, 1.54) is 27.4 Å². The van der Waals surface area contributed by atoms with E-state index in [1.54, 1.807) is 11.3 Å². The summed E-state index contributed by atoms with van der Waals surface area (Å²) >= 11 is 8.13. The van der Waals surface area contributed by atoms with Crippen molar-refractivity contribution >= 4 is 65.0 Å². The molecule has 0 aliphatic rings. The lowest BCUT2D eigenvalue weighted by atomic mass is 10.0. The van der Waals surface area contributed by atoms with Gasteiger partial charge in [0.25, 0.3) is 0 Å². The summed E-state index contributed by atoms with van der Waals surface area (Å²) in [5.41, 5.74) is 9.63. The van der Waals surface area contributed by atoms with Crippen molar-refractivity contribution in [3.8, 4) is 39.5 Å². The maximum absolute atomic E-state index is 6.44. The first kappa shape index (κ1) is 26.1. The van der Waals surface area contributed by atoms with E-state index in [-0.39, 0.29) is 0 Å². The molecule has 3 nitrogen and oxygen atoms in total. The molecule has 0 N–H and O–H groups in total. The van der Waals surface area contributed by atoms with E-state index < -0.39 is 0 Å². The zero-order valence-electron chi connectivity index (χ0n) is 24.0. The molecule has 0 saturated heterocycles. The van der Waals surface area contributed by atoms with Crippen LogP contribution in [0.5, 0.6) is 0 Å². The highest BCUT2D eigenvalue weighted by Gasteiger charge is 2.18. The maximum Gasteiger partial charge on any atom is 0.160 e. The van der Waals surface area contributed by atoms with Crippen molar-refractivity contribution in [1.82, 2.24) is 14.5 Å². The van der Waals surface area contributed by atoms with Gasteiger partial charge < -0.3 is 4.57 Å². The van der Waals surface area contributed by atoms with Crippen LogP contribution in [0, 0.1) is 0 Å². The Kier molecular flexibility index (Phi) is 6.05. The predicted molar refractivity (Wildman–Crippen MR) is 191 cm³/mol. The minimum absolute atomic E-state index is 0.694. The quantitative estimate of drug-likeness (QED) is 0.198. The van der Waals surface area contributed by atoms with Crippen LogP contribution < -0.4 is 0 Å². The fraction of sp³-hybridized carbons (Fsp3) is 0. The van der Waals surface area contributed by atoms with Crippen LogP contribution in [0.15, 0.2) is 146 Å². The number of hydrogen-bond donors (Lipinski definition) is 0. The molecule has 9 aromatic rings. The molecule has 6 aromatic carbocycles. The highest BCUT2D eigenvalue weighted by Crippen LogP contribution is 2.41. The fourth-order valence-electron chi connectivity index (χ4n) is 6.40. The molecule has 0 radical (unpaired) electrons. The molecule has 0 fully saturated rings. The van der Waals surface area contributed by atoms with Gasteiger partial charge in [-0.05, 0) is 59.7 Å². The van der Waals surface area contributed by atoms with E-state index in [4.69, 9.17) is 21.6 Å². The summed E-state index contributed by atoms with van der Waals surface area (Å²) in [6.45, 7) is 0. The average molecular weight is 614 g/mol. The molecule has 45 heavy (non-hydrogen) atoms. The van der Waals surface area contributed by atoms with Gasteiger partial charge in [0.1, 0.15) is 0 Å². The second kappa shape index (κ2) is 10.4. The van der Waals surface area contributed by atoms with Crippen LogP contribution in [-0.4, -0.2) is 14.5 Å². The smallest absolute Gasteiger partial charge is 0.160 e. The third kappa shape index (κ3) is 4.33. The van der Waals surface area contributed by atoms with Gasteiger partial charge in [-0.3, -0.25) is 0 Å². The molecule has 0 saturated carbocycles. The first-order valence-electron chi connectivity index (χ1n) is 14.9. The molecule has 212 valence electrons. The van der Waals surface area contributed by atoms with Gasteiger partial charge in [0.2, 0.25) is 0 Å². The third-order valence-corrected chi connectivity index (χ3v) is 9.85. The highest BCUT2D eigenvalue weighted by molar-refractivity contribution is 7.26. The van der Waals surface area contributed by atoms with Crippen LogP contribution in [0.2, 0.25) is 5.02 Å². The van der Waals surface area contributed by atoms with Crippen molar-refractivity contribution in [1.29, 1.82) is 0 Å². The van der Waals surface area contributed by atoms with Crippen LogP contribution in [0.1, 0.15) is 0 Å². The Morgan fingerprint density at radius 1 is 0.511 bits per heavy atom. The molecule has 0 amide bonds. The first-order chi connectivity index (χ1) is 22.2. The van der Waals surface area contributed by atoms with Crippen molar-refractivity contribution in [2.24, 2.45) is 0 Å². The number of aromatic nitrogens is 3.